The first-order valence-electron chi connectivity index (χ1n) is 12.2. The highest BCUT2D eigenvalue weighted by molar-refractivity contribution is 6.05. The van der Waals surface area contributed by atoms with Gasteiger partial charge in [-0.2, -0.15) is 13.2 Å². The van der Waals surface area contributed by atoms with E-state index in [1.54, 1.807) is 0 Å². The van der Waals surface area contributed by atoms with E-state index in [-0.39, 0.29) is 36.3 Å². The van der Waals surface area contributed by atoms with Crippen LogP contribution in [-0.2, 0) is 20.9 Å². The summed E-state index contributed by atoms with van der Waals surface area (Å²) in [6.45, 7) is 2.17. The Labute approximate surface area is 223 Å². The molecule has 2 aromatic carbocycles. The van der Waals surface area contributed by atoms with Crippen LogP contribution in [0.3, 0.4) is 0 Å². The van der Waals surface area contributed by atoms with Crippen LogP contribution in [0.1, 0.15) is 24.8 Å². The number of halogens is 3. The van der Waals surface area contributed by atoms with Crippen molar-refractivity contribution >= 4 is 35.2 Å². The molecule has 2 fully saturated rings. The van der Waals surface area contributed by atoms with Crippen molar-refractivity contribution in [1.82, 2.24) is 15.5 Å². The van der Waals surface area contributed by atoms with Gasteiger partial charge in [-0.25, -0.2) is 9.59 Å². The summed E-state index contributed by atoms with van der Waals surface area (Å²) in [6.07, 6.45) is -3.36. The Balaban J connectivity index is 0.000000532. The number of carboxylic acid groups (broad SMARTS) is 1. The Morgan fingerprint density at radius 2 is 1.64 bits per heavy atom. The lowest BCUT2D eigenvalue weighted by molar-refractivity contribution is -0.192. The van der Waals surface area contributed by atoms with Crippen molar-refractivity contribution in [3.05, 3.63) is 60.2 Å². The summed E-state index contributed by atoms with van der Waals surface area (Å²) in [4.78, 5) is 48.8. The second-order valence-electron chi connectivity index (χ2n) is 9.23. The van der Waals surface area contributed by atoms with Gasteiger partial charge in [0.05, 0.1) is 12.5 Å². The number of benzene rings is 2. The molecule has 1 unspecified atom stereocenters. The number of alkyl halides is 3. The summed E-state index contributed by atoms with van der Waals surface area (Å²) in [7, 11) is 2.04. The lowest BCUT2D eigenvalue weighted by Crippen LogP contribution is -2.50. The van der Waals surface area contributed by atoms with Crippen molar-refractivity contribution in [3.63, 3.8) is 0 Å². The normalized spacial score (nSPS) is 18.0. The van der Waals surface area contributed by atoms with E-state index in [9.17, 15) is 27.6 Å². The number of anilines is 2. The quantitative estimate of drug-likeness (QED) is 0.408. The van der Waals surface area contributed by atoms with Crippen LogP contribution < -0.4 is 20.9 Å². The second-order valence-corrected chi connectivity index (χ2v) is 9.23. The van der Waals surface area contributed by atoms with Crippen LogP contribution in [0.4, 0.5) is 29.3 Å². The van der Waals surface area contributed by atoms with E-state index in [1.165, 1.54) is 5.56 Å². The summed E-state index contributed by atoms with van der Waals surface area (Å²) in [5.74, 6) is -3.18. The zero-order chi connectivity index (χ0) is 28.6. The zero-order valence-corrected chi connectivity index (χ0v) is 21.2. The van der Waals surface area contributed by atoms with Gasteiger partial charge in [-0.3, -0.25) is 19.8 Å². The Hall–Kier alpha value is -4.13. The molecule has 210 valence electrons. The molecule has 13 heteroatoms. The number of carboxylic acids is 1. The predicted octanol–water partition coefficient (Wildman–Crippen LogP) is 2.96. The fourth-order valence-electron chi connectivity index (χ4n) is 4.29. The van der Waals surface area contributed by atoms with Crippen LogP contribution >= 0.6 is 0 Å². The van der Waals surface area contributed by atoms with Gasteiger partial charge < -0.3 is 20.6 Å². The molecule has 0 saturated carbocycles. The fraction of sp³-hybridized carbons (Fsp3) is 0.385. The molecule has 0 spiro atoms. The molecule has 2 aliphatic rings. The summed E-state index contributed by atoms with van der Waals surface area (Å²) in [6, 6.07) is 17.5. The number of likely N-dealkylation sites (tertiary alicyclic amines) is 1. The summed E-state index contributed by atoms with van der Waals surface area (Å²) < 4.78 is 31.7. The number of urea groups is 1. The monoisotopic (exact) mass is 549 g/mol. The Morgan fingerprint density at radius 1 is 1.05 bits per heavy atom. The topological polar surface area (TPSA) is 131 Å². The average Bonchev–Trinajstić information content (AvgIpc) is 3.23. The number of carbonyl (C=O) groups is 4. The molecule has 4 rings (SSSR count). The van der Waals surface area contributed by atoms with Gasteiger partial charge in [-0.15, -0.1) is 0 Å². The minimum absolute atomic E-state index is 0.0442. The number of nitrogens with zero attached hydrogens (tertiary/aromatic N) is 2. The van der Waals surface area contributed by atoms with Gasteiger partial charge in [0.25, 0.3) is 0 Å². The van der Waals surface area contributed by atoms with Crippen LogP contribution in [0.25, 0.3) is 0 Å². The molecule has 0 radical (unpaired) electrons. The number of piperidine rings is 1. The van der Waals surface area contributed by atoms with Crippen LogP contribution in [0.5, 0.6) is 0 Å². The van der Waals surface area contributed by atoms with Gasteiger partial charge in [0.1, 0.15) is 0 Å². The molecule has 1 atom stereocenters. The van der Waals surface area contributed by atoms with E-state index >= 15 is 0 Å². The number of nitrogens with one attached hydrogen (secondary N) is 3. The van der Waals surface area contributed by atoms with Crippen LogP contribution in [0.2, 0.25) is 0 Å². The second kappa shape index (κ2) is 13.1. The number of hydrogen-bond donors (Lipinski definition) is 4. The number of amides is 4. The third-order valence-corrected chi connectivity index (χ3v) is 6.32. The van der Waals surface area contributed by atoms with E-state index in [4.69, 9.17) is 9.90 Å². The van der Waals surface area contributed by atoms with Crippen molar-refractivity contribution in [2.45, 2.75) is 44.1 Å². The van der Waals surface area contributed by atoms with E-state index in [1.807, 2.05) is 54.4 Å². The standard InChI is InChI=1S/C24H29N5O3.C2HF3O2/c1-28(16-17-5-3-2-4-6-17)20-9-7-18(8-10-20)25-24(32)26-19-11-13-29(14-12-19)21-15-22(30)27-23(21)31;3-2(4,5)1(6)7/h2-10,19,21H,11-16H2,1H3,(H2,25,26,32)(H,27,30,31);(H,6,7). The maximum Gasteiger partial charge on any atom is 0.490 e. The third-order valence-electron chi connectivity index (χ3n) is 6.32. The highest BCUT2D eigenvalue weighted by atomic mass is 19.4. The van der Waals surface area contributed by atoms with Gasteiger partial charge in [0, 0.05) is 44.1 Å². The maximum absolute atomic E-state index is 12.4. The molecule has 0 aliphatic carbocycles. The van der Waals surface area contributed by atoms with Crippen molar-refractivity contribution in [3.8, 4) is 0 Å². The Kier molecular flexibility index (Phi) is 9.88. The highest BCUT2D eigenvalue weighted by Crippen LogP contribution is 2.20. The van der Waals surface area contributed by atoms with E-state index in [0.29, 0.717) is 13.1 Å². The van der Waals surface area contributed by atoms with Gasteiger partial charge in [-0.05, 0) is 42.7 Å². The SMILES string of the molecule is CN(Cc1ccccc1)c1ccc(NC(=O)NC2CCN(C3CC(=O)NC3=O)CC2)cc1.O=C(O)C(F)(F)F. The van der Waals surface area contributed by atoms with Crippen molar-refractivity contribution < 1.29 is 37.5 Å². The molecule has 4 N–H and O–H groups in total. The molecule has 2 aromatic rings. The van der Waals surface area contributed by atoms with Gasteiger partial charge in [0.2, 0.25) is 11.8 Å². The highest BCUT2D eigenvalue weighted by Gasteiger charge is 2.38. The number of aliphatic carboxylic acids is 1. The molecule has 39 heavy (non-hydrogen) atoms. The third kappa shape index (κ3) is 8.99. The molecule has 2 saturated heterocycles. The number of rotatable bonds is 6. The van der Waals surface area contributed by atoms with E-state index < -0.39 is 12.1 Å². The minimum atomic E-state index is -5.08. The minimum Gasteiger partial charge on any atom is -0.475 e. The molecule has 2 heterocycles. The van der Waals surface area contributed by atoms with Gasteiger partial charge >= 0.3 is 18.2 Å². The smallest absolute Gasteiger partial charge is 0.475 e. The van der Waals surface area contributed by atoms with Gasteiger partial charge in [0.15, 0.2) is 0 Å². The van der Waals surface area contributed by atoms with Gasteiger partial charge in [-0.1, -0.05) is 30.3 Å². The van der Waals surface area contributed by atoms with Crippen LogP contribution in [0.15, 0.2) is 54.6 Å². The summed E-state index contributed by atoms with van der Waals surface area (Å²) in [5, 5.41) is 15.4. The van der Waals surface area contributed by atoms with Crippen LogP contribution in [0, 0.1) is 0 Å². The van der Waals surface area contributed by atoms with Crippen LogP contribution in [-0.4, -0.2) is 72.2 Å². The largest absolute Gasteiger partial charge is 0.490 e. The molecule has 2 aliphatic heterocycles. The zero-order valence-electron chi connectivity index (χ0n) is 21.2. The van der Waals surface area contributed by atoms with Crippen molar-refractivity contribution in [1.29, 1.82) is 0 Å². The van der Waals surface area contributed by atoms with Crippen molar-refractivity contribution in [2.75, 3.05) is 30.4 Å². The molecule has 10 nitrogen and oxygen atoms in total. The Morgan fingerprint density at radius 3 is 2.15 bits per heavy atom. The predicted molar refractivity (Wildman–Crippen MR) is 137 cm³/mol. The molecular formula is C26H30F3N5O5. The molecule has 4 amide bonds. The molecule has 0 aromatic heterocycles. The lowest BCUT2D eigenvalue weighted by atomic mass is 10.0. The number of imide groups is 1. The first-order valence-corrected chi connectivity index (χ1v) is 12.2. The summed E-state index contributed by atoms with van der Waals surface area (Å²) >= 11 is 0. The van der Waals surface area contributed by atoms with Crippen molar-refractivity contribution in [2.24, 2.45) is 0 Å². The molecular weight excluding hydrogens is 519 g/mol. The Bertz CT molecular complexity index is 1150. The van der Waals surface area contributed by atoms with E-state index in [0.717, 1.165) is 30.8 Å². The van der Waals surface area contributed by atoms with E-state index in [2.05, 4.69) is 33.0 Å². The fourth-order valence-corrected chi connectivity index (χ4v) is 4.29. The average molecular weight is 550 g/mol. The first kappa shape index (κ1) is 29.4. The number of carbonyl (C=O) groups excluding carboxylic acids is 3. The molecule has 0 bridgehead atoms. The first-order chi connectivity index (χ1) is 18.4. The maximum atomic E-state index is 12.4. The summed E-state index contributed by atoms with van der Waals surface area (Å²) in [5.41, 5.74) is 3.04. The lowest BCUT2D eigenvalue weighted by Gasteiger charge is -2.34. The number of hydrogen-bond acceptors (Lipinski definition) is 6.